The van der Waals surface area contributed by atoms with Crippen LogP contribution >= 0.6 is 0 Å². The lowest BCUT2D eigenvalue weighted by Gasteiger charge is -2.09. The third-order valence-electron chi connectivity index (χ3n) is 3.00. The molecule has 0 aliphatic carbocycles. The molecule has 3 aromatic rings. The zero-order valence-electron chi connectivity index (χ0n) is 11.2. The number of rotatable bonds is 4. The molecule has 0 amide bonds. The van der Waals surface area contributed by atoms with Crippen LogP contribution in [0.15, 0.2) is 48.8 Å². The monoisotopic (exact) mass is 265 g/mol. The van der Waals surface area contributed by atoms with Crippen LogP contribution in [0.4, 0.5) is 5.69 Å². The molecule has 0 aliphatic rings. The van der Waals surface area contributed by atoms with Gasteiger partial charge in [-0.25, -0.2) is 4.98 Å². The highest BCUT2D eigenvalue weighted by molar-refractivity contribution is 5.73. The molecule has 0 unspecified atom stereocenters. The predicted octanol–water partition coefficient (Wildman–Crippen LogP) is 2.79. The number of pyridine rings is 1. The van der Waals surface area contributed by atoms with E-state index in [1.165, 1.54) is 5.56 Å². The van der Waals surface area contributed by atoms with Gasteiger partial charge in [0.15, 0.2) is 5.82 Å². The van der Waals surface area contributed by atoms with Crippen LogP contribution in [0, 0.1) is 6.92 Å². The molecule has 2 aromatic heterocycles. The fourth-order valence-electron chi connectivity index (χ4n) is 1.99. The van der Waals surface area contributed by atoms with Crippen LogP contribution in [0.25, 0.3) is 11.4 Å². The molecular formula is C15H15N5. The highest BCUT2D eigenvalue weighted by Crippen LogP contribution is 2.25. The molecule has 1 aromatic carbocycles. The van der Waals surface area contributed by atoms with Gasteiger partial charge in [-0.2, -0.15) is 5.10 Å². The molecule has 0 saturated carbocycles. The molecule has 0 radical (unpaired) electrons. The minimum absolute atomic E-state index is 0.709. The largest absolute Gasteiger partial charge is 0.380 e. The molecule has 20 heavy (non-hydrogen) atoms. The van der Waals surface area contributed by atoms with Gasteiger partial charge in [0.2, 0.25) is 0 Å². The van der Waals surface area contributed by atoms with Crippen molar-refractivity contribution >= 4 is 5.69 Å². The topological polar surface area (TPSA) is 66.5 Å². The number of aromatic amines is 1. The summed E-state index contributed by atoms with van der Waals surface area (Å²) in [6.45, 7) is 2.63. The summed E-state index contributed by atoms with van der Waals surface area (Å²) in [6, 6.07) is 12.0. The molecule has 2 N–H and O–H groups in total. The second-order valence-corrected chi connectivity index (χ2v) is 4.50. The molecule has 0 saturated heterocycles. The average Bonchev–Trinajstić information content (AvgIpc) is 2.93. The van der Waals surface area contributed by atoms with Crippen molar-refractivity contribution in [2.75, 3.05) is 5.32 Å². The second-order valence-electron chi connectivity index (χ2n) is 4.50. The number of benzene rings is 1. The van der Waals surface area contributed by atoms with E-state index in [4.69, 9.17) is 0 Å². The van der Waals surface area contributed by atoms with Crippen molar-refractivity contribution in [3.05, 3.63) is 60.2 Å². The first-order valence-electron chi connectivity index (χ1n) is 6.44. The number of H-pyrrole nitrogens is 1. The van der Waals surface area contributed by atoms with Crippen molar-refractivity contribution in [3.63, 3.8) is 0 Å². The summed E-state index contributed by atoms with van der Waals surface area (Å²) in [5.74, 6) is 1.52. The minimum atomic E-state index is 0.709. The molecule has 2 heterocycles. The van der Waals surface area contributed by atoms with Crippen LogP contribution in [0.1, 0.15) is 11.4 Å². The normalized spacial score (nSPS) is 10.4. The van der Waals surface area contributed by atoms with Crippen molar-refractivity contribution < 1.29 is 0 Å². The molecular weight excluding hydrogens is 250 g/mol. The Morgan fingerprint density at radius 2 is 1.90 bits per heavy atom. The molecule has 5 nitrogen and oxygen atoms in total. The molecule has 100 valence electrons. The number of nitrogens with one attached hydrogen (secondary N) is 2. The quantitative estimate of drug-likeness (QED) is 0.761. The Morgan fingerprint density at radius 3 is 2.65 bits per heavy atom. The predicted molar refractivity (Wildman–Crippen MR) is 78.1 cm³/mol. The molecule has 0 bridgehead atoms. The molecule has 5 heteroatoms. The Labute approximate surface area is 117 Å². The van der Waals surface area contributed by atoms with Crippen LogP contribution in [0.3, 0.4) is 0 Å². The van der Waals surface area contributed by atoms with Gasteiger partial charge in [0.25, 0.3) is 0 Å². The van der Waals surface area contributed by atoms with Crippen LogP contribution in [-0.4, -0.2) is 20.2 Å². The second kappa shape index (κ2) is 5.52. The van der Waals surface area contributed by atoms with Crippen molar-refractivity contribution in [3.8, 4) is 11.4 Å². The van der Waals surface area contributed by atoms with Gasteiger partial charge >= 0.3 is 0 Å². The van der Waals surface area contributed by atoms with E-state index in [1.54, 1.807) is 12.4 Å². The van der Waals surface area contributed by atoms with Crippen LogP contribution in [-0.2, 0) is 6.54 Å². The Morgan fingerprint density at radius 1 is 1.10 bits per heavy atom. The standard InChI is InChI=1S/C15H15N5/c1-11-18-15(20-19-11)13-4-2-3-5-14(13)17-10-12-6-8-16-9-7-12/h2-9,17H,10H2,1H3,(H,18,19,20). The van der Waals surface area contributed by atoms with E-state index in [0.29, 0.717) is 5.82 Å². The first-order valence-corrected chi connectivity index (χ1v) is 6.44. The van der Waals surface area contributed by atoms with E-state index < -0.39 is 0 Å². The summed E-state index contributed by atoms with van der Waals surface area (Å²) in [5, 5.41) is 10.5. The number of anilines is 1. The number of hydrogen-bond acceptors (Lipinski definition) is 4. The lowest BCUT2D eigenvalue weighted by atomic mass is 10.1. The molecule has 0 atom stereocenters. The van der Waals surface area contributed by atoms with E-state index in [1.807, 2.05) is 43.3 Å². The number of aromatic nitrogens is 4. The zero-order chi connectivity index (χ0) is 13.8. The van der Waals surface area contributed by atoms with E-state index in [9.17, 15) is 0 Å². The number of para-hydroxylation sites is 1. The van der Waals surface area contributed by atoms with E-state index >= 15 is 0 Å². The summed E-state index contributed by atoms with van der Waals surface area (Å²) >= 11 is 0. The van der Waals surface area contributed by atoms with E-state index in [0.717, 1.165) is 23.6 Å². The van der Waals surface area contributed by atoms with Crippen LogP contribution < -0.4 is 5.32 Å². The highest BCUT2D eigenvalue weighted by atomic mass is 15.2. The van der Waals surface area contributed by atoms with E-state index in [2.05, 4.69) is 25.5 Å². The molecule has 0 fully saturated rings. The maximum atomic E-state index is 4.38. The van der Waals surface area contributed by atoms with Crippen molar-refractivity contribution in [2.24, 2.45) is 0 Å². The summed E-state index contributed by atoms with van der Waals surface area (Å²) in [6.07, 6.45) is 3.59. The summed E-state index contributed by atoms with van der Waals surface area (Å²) in [4.78, 5) is 8.40. The van der Waals surface area contributed by atoms with Crippen LogP contribution in [0.2, 0.25) is 0 Å². The fraction of sp³-hybridized carbons (Fsp3) is 0.133. The maximum Gasteiger partial charge on any atom is 0.183 e. The van der Waals surface area contributed by atoms with Gasteiger partial charge in [0, 0.05) is 30.2 Å². The van der Waals surface area contributed by atoms with Gasteiger partial charge in [-0.1, -0.05) is 12.1 Å². The number of hydrogen-bond donors (Lipinski definition) is 2. The first-order chi connectivity index (χ1) is 9.83. The lowest BCUT2D eigenvalue weighted by molar-refractivity contribution is 1.04. The van der Waals surface area contributed by atoms with Gasteiger partial charge in [-0.15, -0.1) is 0 Å². The minimum Gasteiger partial charge on any atom is -0.380 e. The molecule has 0 spiro atoms. The number of nitrogens with zero attached hydrogens (tertiary/aromatic N) is 3. The van der Waals surface area contributed by atoms with Gasteiger partial charge in [-0.05, 0) is 36.8 Å². The Bertz CT molecular complexity index is 690. The van der Waals surface area contributed by atoms with Crippen molar-refractivity contribution in [1.29, 1.82) is 0 Å². The molecule has 0 aliphatic heterocycles. The van der Waals surface area contributed by atoms with Gasteiger partial charge < -0.3 is 5.32 Å². The van der Waals surface area contributed by atoms with Crippen LogP contribution in [0.5, 0.6) is 0 Å². The Balaban J connectivity index is 1.83. The third kappa shape index (κ3) is 2.66. The Kier molecular flexibility index (Phi) is 3.41. The highest BCUT2D eigenvalue weighted by Gasteiger charge is 2.08. The van der Waals surface area contributed by atoms with Crippen molar-refractivity contribution in [1.82, 2.24) is 20.2 Å². The van der Waals surface area contributed by atoms with Gasteiger partial charge in [0.05, 0.1) is 0 Å². The summed E-state index contributed by atoms with van der Waals surface area (Å²) in [7, 11) is 0. The lowest BCUT2D eigenvalue weighted by Crippen LogP contribution is -2.01. The first kappa shape index (κ1) is 12.3. The van der Waals surface area contributed by atoms with Gasteiger partial charge in [0.1, 0.15) is 5.82 Å². The zero-order valence-corrected chi connectivity index (χ0v) is 11.2. The van der Waals surface area contributed by atoms with Crippen molar-refractivity contribution in [2.45, 2.75) is 13.5 Å². The summed E-state index contributed by atoms with van der Waals surface area (Å²) in [5.41, 5.74) is 3.19. The average molecular weight is 265 g/mol. The molecule has 3 rings (SSSR count). The number of aryl methyl sites for hydroxylation is 1. The smallest absolute Gasteiger partial charge is 0.183 e. The summed E-state index contributed by atoms with van der Waals surface area (Å²) < 4.78 is 0. The SMILES string of the molecule is Cc1nc(-c2ccccc2NCc2ccncc2)n[nH]1. The van der Waals surface area contributed by atoms with Gasteiger partial charge in [-0.3, -0.25) is 10.1 Å². The third-order valence-corrected chi connectivity index (χ3v) is 3.00. The Hall–Kier alpha value is -2.69. The maximum absolute atomic E-state index is 4.38. The fourth-order valence-corrected chi connectivity index (χ4v) is 1.99. The van der Waals surface area contributed by atoms with E-state index in [-0.39, 0.29) is 0 Å².